The van der Waals surface area contributed by atoms with Gasteiger partial charge in [-0.1, -0.05) is 77.0 Å². The van der Waals surface area contributed by atoms with Gasteiger partial charge in [0.15, 0.2) is 0 Å². The molecule has 0 radical (unpaired) electrons. The lowest BCUT2D eigenvalue weighted by molar-refractivity contribution is 0.629. The third-order valence-electron chi connectivity index (χ3n) is 3.55. The molecule has 0 aliphatic heterocycles. The highest BCUT2D eigenvalue weighted by Crippen LogP contribution is 2.18. The molecule has 0 aliphatic carbocycles. The van der Waals surface area contributed by atoms with Gasteiger partial charge in [-0.05, 0) is 38.2 Å². The van der Waals surface area contributed by atoms with Crippen LogP contribution in [0.5, 0.6) is 0 Å². The van der Waals surface area contributed by atoms with Crippen molar-refractivity contribution in [2.75, 3.05) is 0 Å². The molecule has 0 saturated carbocycles. The lowest BCUT2D eigenvalue weighted by atomic mass is 9.99. The molecule has 0 amide bonds. The van der Waals surface area contributed by atoms with Crippen molar-refractivity contribution in [2.24, 2.45) is 0 Å². The monoisotopic (exact) mass is 250 g/mol. The number of hydrogen-bond acceptors (Lipinski definition) is 0. The molecule has 0 aliphatic rings. The highest BCUT2D eigenvalue weighted by molar-refractivity contribution is 5.25. The summed E-state index contributed by atoms with van der Waals surface area (Å²) in [5.74, 6) is 0. The van der Waals surface area contributed by atoms with E-state index in [4.69, 9.17) is 0 Å². The molecule has 0 N–H and O–H groups in total. The van der Waals surface area contributed by atoms with Crippen molar-refractivity contribution >= 4 is 0 Å². The Morgan fingerprint density at radius 1 is 0.833 bits per heavy atom. The van der Waals surface area contributed by atoms with Gasteiger partial charge in [-0.15, -0.1) is 0 Å². The summed E-state index contributed by atoms with van der Waals surface area (Å²) in [5, 5.41) is 0. The Balaban J connectivity index is 3.76. The summed E-state index contributed by atoms with van der Waals surface area (Å²) in [6, 6.07) is 0. The van der Waals surface area contributed by atoms with Crippen molar-refractivity contribution in [3.05, 3.63) is 23.8 Å². The van der Waals surface area contributed by atoms with Crippen molar-refractivity contribution < 1.29 is 0 Å². The van der Waals surface area contributed by atoms with Crippen LogP contribution in [-0.4, -0.2) is 0 Å². The Morgan fingerprint density at radius 2 is 1.39 bits per heavy atom. The van der Waals surface area contributed by atoms with E-state index in [1.165, 1.54) is 81.8 Å². The van der Waals surface area contributed by atoms with E-state index in [0.29, 0.717) is 0 Å². The first-order valence-corrected chi connectivity index (χ1v) is 8.07. The molecule has 0 saturated heterocycles. The molecule has 0 spiro atoms. The Morgan fingerprint density at radius 3 is 1.94 bits per heavy atom. The highest BCUT2D eigenvalue weighted by atomic mass is 14.0. The number of rotatable bonds is 12. The van der Waals surface area contributed by atoms with E-state index >= 15 is 0 Å². The van der Waals surface area contributed by atoms with Crippen molar-refractivity contribution in [3.63, 3.8) is 0 Å². The number of unbranched alkanes of at least 4 members (excludes halogenated alkanes) is 8. The van der Waals surface area contributed by atoms with Gasteiger partial charge in [0.1, 0.15) is 0 Å². The molecule has 0 aromatic heterocycles. The molecule has 0 heterocycles. The van der Waals surface area contributed by atoms with Crippen LogP contribution in [0.15, 0.2) is 23.8 Å². The molecule has 18 heavy (non-hydrogen) atoms. The van der Waals surface area contributed by atoms with Gasteiger partial charge in [0.2, 0.25) is 0 Å². The van der Waals surface area contributed by atoms with Crippen LogP contribution >= 0.6 is 0 Å². The lowest BCUT2D eigenvalue weighted by Crippen LogP contribution is -1.87. The van der Waals surface area contributed by atoms with Crippen molar-refractivity contribution in [1.82, 2.24) is 0 Å². The predicted molar refractivity (Wildman–Crippen MR) is 85.0 cm³/mol. The maximum absolute atomic E-state index is 4.12. The standard InChI is InChI=1S/C18H34/c1-5-7-9-11-13-15-18(17(3)4)16-14-12-10-8-6-2/h15H,3,5-14,16H2,1-2,4H3/b18-15-. The second-order valence-electron chi connectivity index (χ2n) is 5.52. The highest BCUT2D eigenvalue weighted by Gasteiger charge is 1.98. The maximum atomic E-state index is 4.12. The van der Waals surface area contributed by atoms with Crippen LogP contribution < -0.4 is 0 Å². The topological polar surface area (TPSA) is 0 Å². The summed E-state index contributed by atoms with van der Waals surface area (Å²) >= 11 is 0. The van der Waals surface area contributed by atoms with Crippen LogP contribution in [0.1, 0.15) is 91.4 Å². The molecule has 0 aromatic rings. The Hall–Kier alpha value is -0.520. The molecule has 106 valence electrons. The minimum atomic E-state index is 1.24. The Kier molecular flexibility index (Phi) is 12.6. The molecule has 0 unspecified atom stereocenters. The van der Waals surface area contributed by atoms with Gasteiger partial charge in [0, 0.05) is 0 Å². The summed E-state index contributed by atoms with van der Waals surface area (Å²) in [4.78, 5) is 0. The van der Waals surface area contributed by atoms with Crippen LogP contribution in [0.2, 0.25) is 0 Å². The van der Waals surface area contributed by atoms with E-state index in [2.05, 4.69) is 33.4 Å². The molecule has 0 aromatic carbocycles. The van der Waals surface area contributed by atoms with E-state index in [1.807, 2.05) is 0 Å². The first-order valence-electron chi connectivity index (χ1n) is 8.07. The summed E-state index contributed by atoms with van der Waals surface area (Å²) in [6.45, 7) is 10.8. The average molecular weight is 250 g/mol. The quantitative estimate of drug-likeness (QED) is 0.263. The van der Waals surface area contributed by atoms with E-state index in [9.17, 15) is 0 Å². The summed E-state index contributed by atoms with van der Waals surface area (Å²) in [6.07, 6.45) is 17.2. The third-order valence-corrected chi connectivity index (χ3v) is 3.55. The molecule has 0 fully saturated rings. The van der Waals surface area contributed by atoms with Crippen molar-refractivity contribution in [3.8, 4) is 0 Å². The smallest absolute Gasteiger partial charge is 0.0280 e. The van der Waals surface area contributed by atoms with Crippen LogP contribution in [0, 0.1) is 0 Å². The SMILES string of the molecule is C=C(C)/C(=C\CCCCCC)CCCCCCC. The zero-order chi connectivity index (χ0) is 13.6. The number of hydrogen-bond donors (Lipinski definition) is 0. The largest absolute Gasteiger partial charge is 0.0958 e. The average Bonchev–Trinajstić information content (AvgIpc) is 2.35. The van der Waals surface area contributed by atoms with Gasteiger partial charge in [-0.25, -0.2) is 0 Å². The first kappa shape index (κ1) is 17.5. The molecular weight excluding hydrogens is 216 g/mol. The van der Waals surface area contributed by atoms with Gasteiger partial charge < -0.3 is 0 Å². The summed E-state index contributed by atoms with van der Waals surface area (Å²) in [5.41, 5.74) is 2.80. The molecule has 0 heteroatoms. The summed E-state index contributed by atoms with van der Waals surface area (Å²) in [7, 11) is 0. The van der Waals surface area contributed by atoms with Crippen LogP contribution in [0.4, 0.5) is 0 Å². The zero-order valence-electron chi connectivity index (χ0n) is 13.1. The van der Waals surface area contributed by atoms with E-state index < -0.39 is 0 Å². The third kappa shape index (κ3) is 10.6. The van der Waals surface area contributed by atoms with E-state index in [1.54, 1.807) is 0 Å². The van der Waals surface area contributed by atoms with Crippen LogP contribution in [0.3, 0.4) is 0 Å². The van der Waals surface area contributed by atoms with E-state index in [0.717, 1.165) is 0 Å². The Bertz CT molecular complexity index is 222. The second-order valence-corrected chi connectivity index (χ2v) is 5.52. The zero-order valence-corrected chi connectivity index (χ0v) is 13.1. The molecule has 0 bridgehead atoms. The molecule has 0 atom stereocenters. The van der Waals surface area contributed by atoms with Gasteiger partial charge >= 0.3 is 0 Å². The Labute approximate surface area is 116 Å². The van der Waals surface area contributed by atoms with Crippen LogP contribution in [0.25, 0.3) is 0 Å². The minimum Gasteiger partial charge on any atom is -0.0958 e. The molecular formula is C18H34. The predicted octanol–water partition coefficient (Wildman–Crippen LogP) is 6.82. The molecule has 0 rings (SSSR count). The minimum absolute atomic E-state index is 1.24. The molecule has 0 nitrogen and oxygen atoms in total. The van der Waals surface area contributed by atoms with Gasteiger partial charge in [0.25, 0.3) is 0 Å². The van der Waals surface area contributed by atoms with Gasteiger partial charge in [0.05, 0.1) is 0 Å². The summed E-state index contributed by atoms with van der Waals surface area (Å²) < 4.78 is 0. The van der Waals surface area contributed by atoms with Gasteiger partial charge in [-0.2, -0.15) is 0 Å². The fraction of sp³-hybridized carbons (Fsp3) is 0.778. The van der Waals surface area contributed by atoms with Crippen molar-refractivity contribution in [2.45, 2.75) is 91.4 Å². The fourth-order valence-corrected chi connectivity index (χ4v) is 2.26. The van der Waals surface area contributed by atoms with Crippen molar-refractivity contribution in [1.29, 1.82) is 0 Å². The van der Waals surface area contributed by atoms with Crippen LogP contribution in [-0.2, 0) is 0 Å². The van der Waals surface area contributed by atoms with Gasteiger partial charge in [-0.3, -0.25) is 0 Å². The second kappa shape index (κ2) is 12.9. The fourth-order valence-electron chi connectivity index (χ4n) is 2.26. The first-order chi connectivity index (χ1) is 8.72. The maximum Gasteiger partial charge on any atom is -0.0280 e. The normalized spacial score (nSPS) is 11.8. The van der Waals surface area contributed by atoms with E-state index in [-0.39, 0.29) is 0 Å². The number of allylic oxidation sites excluding steroid dienone is 3. The lowest BCUT2D eigenvalue weighted by Gasteiger charge is -2.07.